The maximum absolute atomic E-state index is 11.8. The summed E-state index contributed by atoms with van der Waals surface area (Å²) < 4.78 is 30.9. The maximum atomic E-state index is 11.8. The molecule has 0 aromatic carbocycles. The Labute approximate surface area is 107 Å². The molecule has 0 saturated carbocycles. The Bertz CT molecular complexity index is 376. The minimum atomic E-state index is -3.42. The van der Waals surface area contributed by atoms with Gasteiger partial charge in [-0.1, -0.05) is 0 Å². The van der Waals surface area contributed by atoms with Crippen molar-refractivity contribution in [2.24, 2.45) is 0 Å². The van der Waals surface area contributed by atoms with Crippen molar-refractivity contribution in [2.75, 3.05) is 53.5 Å². The monoisotopic (exact) mass is 281 g/mol. The molecule has 18 heavy (non-hydrogen) atoms. The molecule has 0 aromatic heterocycles. The van der Waals surface area contributed by atoms with Crippen molar-refractivity contribution in [1.82, 2.24) is 13.5 Å². The Morgan fingerprint density at radius 1 is 1.28 bits per heavy atom. The van der Waals surface area contributed by atoms with Crippen LogP contribution in [0.4, 0.5) is 4.79 Å². The van der Waals surface area contributed by atoms with E-state index in [2.05, 4.69) is 0 Å². The Balaban J connectivity index is 2.49. The molecule has 0 unspecified atom stereocenters. The molecule has 0 atom stereocenters. The lowest BCUT2D eigenvalue weighted by Crippen LogP contribution is -2.53. The molecule has 1 amide bonds. The highest BCUT2D eigenvalue weighted by Gasteiger charge is 2.30. The van der Waals surface area contributed by atoms with Gasteiger partial charge in [0.15, 0.2) is 0 Å². The summed E-state index contributed by atoms with van der Waals surface area (Å²) in [7, 11) is -0.479. The SMILES string of the molecule is CN(C)S(=O)(=O)N1CCN(C(=O)OCCO)CC1. The molecule has 1 heterocycles. The Hall–Kier alpha value is -0.900. The molecule has 1 fully saturated rings. The van der Waals surface area contributed by atoms with Gasteiger partial charge in [0.2, 0.25) is 0 Å². The third-order valence-corrected chi connectivity index (χ3v) is 4.54. The van der Waals surface area contributed by atoms with Crippen molar-refractivity contribution < 1.29 is 23.1 Å². The average Bonchev–Trinajstić information content (AvgIpc) is 2.35. The van der Waals surface area contributed by atoms with Crippen LogP contribution in [0.5, 0.6) is 0 Å². The summed E-state index contributed by atoms with van der Waals surface area (Å²) in [4.78, 5) is 12.9. The maximum Gasteiger partial charge on any atom is 0.409 e. The van der Waals surface area contributed by atoms with Crippen LogP contribution < -0.4 is 0 Å². The molecule has 0 aromatic rings. The standard InChI is InChI=1S/C9H19N3O5S/c1-10(2)18(15,16)12-5-3-11(4-6-12)9(14)17-8-7-13/h13H,3-8H2,1-2H3. The highest BCUT2D eigenvalue weighted by atomic mass is 32.2. The van der Waals surface area contributed by atoms with Crippen molar-refractivity contribution in [3.63, 3.8) is 0 Å². The first-order valence-corrected chi connectivity index (χ1v) is 6.99. The molecule has 0 radical (unpaired) electrons. The van der Waals surface area contributed by atoms with E-state index in [9.17, 15) is 13.2 Å². The molecule has 106 valence electrons. The zero-order valence-corrected chi connectivity index (χ0v) is 11.4. The van der Waals surface area contributed by atoms with Gasteiger partial charge < -0.3 is 14.7 Å². The molecule has 0 bridgehead atoms. The number of nitrogens with zero attached hydrogens (tertiary/aromatic N) is 3. The lowest BCUT2D eigenvalue weighted by atomic mass is 10.4. The minimum absolute atomic E-state index is 0.0466. The van der Waals surface area contributed by atoms with Gasteiger partial charge in [-0.15, -0.1) is 0 Å². The quantitative estimate of drug-likeness (QED) is 0.680. The Morgan fingerprint density at radius 2 is 1.83 bits per heavy atom. The van der Waals surface area contributed by atoms with E-state index >= 15 is 0 Å². The molecule has 1 aliphatic rings. The number of amides is 1. The van der Waals surface area contributed by atoms with Gasteiger partial charge in [0, 0.05) is 40.3 Å². The number of ether oxygens (including phenoxy) is 1. The molecule has 1 rings (SSSR count). The van der Waals surface area contributed by atoms with Gasteiger partial charge >= 0.3 is 6.09 Å². The van der Waals surface area contributed by atoms with Crippen LogP contribution in [0.3, 0.4) is 0 Å². The molecular weight excluding hydrogens is 262 g/mol. The number of hydrogen-bond donors (Lipinski definition) is 1. The normalized spacial score (nSPS) is 18.1. The summed E-state index contributed by atoms with van der Waals surface area (Å²) in [5.74, 6) is 0. The van der Waals surface area contributed by atoms with Gasteiger partial charge in [-0.2, -0.15) is 17.0 Å². The van der Waals surface area contributed by atoms with E-state index in [0.29, 0.717) is 0 Å². The highest BCUT2D eigenvalue weighted by Crippen LogP contribution is 2.10. The fraction of sp³-hybridized carbons (Fsp3) is 0.889. The van der Waals surface area contributed by atoms with Crippen molar-refractivity contribution in [1.29, 1.82) is 0 Å². The number of piperazine rings is 1. The van der Waals surface area contributed by atoms with Crippen LogP contribution in [0.15, 0.2) is 0 Å². The summed E-state index contributed by atoms with van der Waals surface area (Å²) in [5, 5.41) is 8.53. The topological polar surface area (TPSA) is 90.4 Å². The molecule has 8 nitrogen and oxygen atoms in total. The second kappa shape index (κ2) is 6.32. The van der Waals surface area contributed by atoms with Crippen LogP contribution in [0.1, 0.15) is 0 Å². The van der Waals surface area contributed by atoms with Gasteiger partial charge in [-0.25, -0.2) is 4.79 Å². The number of carbonyl (C=O) groups is 1. The molecule has 0 aliphatic carbocycles. The lowest BCUT2D eigenvalue weighted by molar-refractivity contribution is 0.0738. The first-order chi connectivity index (χ1) is 8.39. The third kappa shape index (κ3) is 3.55. The second-order valence-corrected chi connectivity index (χ2v) is 6.16. The number of aliphatic hydroxyl groups excluding tert-OH is 1. The van der Waals surface area contributed by atoms with E-state index in [1.165, 1.54) is 23.3 Å². The predicted octanol–water partition coefficient (Wildman–Crippen LogP) is -1.46. The molecule has 1 N–H and O–H groups in total. The van der Waals surface area contributed by atoms with Gasteiger partial charge in [-0.3, -0.25) is 0 Å². The van der Waals surface area contributed by atoms with Gasteiger partial charge in [0.05, 0.1) is 6.61 Å². The summed E-state index contributed by atoms with van der Waals surface area (Å²) >= 11 is 0. The Kier molecular flexibility index (Phi) is 5.32. The second-order valence-electron chi connectivity index (χ2n) is 4.01. The van der Waals surface area contributed by atoms with E-state index in [0.717, 1.165) is 4.31 Å². The van der Waals surface area contributed by atoms with Crippen LogP contribution in [0, 0.1) is 0 Å². The fourth-order valence-corrected chi connectivity index (χ4v) is 2.64. The zero-order valence-electron chi connectivity index (χ0n) is 10.6. The van der Waals surface area contributed by atoms with E-state index in [-0.39, 0.29) is 39.4 Å². The predicted molar refractivity (Wildman–Crippen MR) is 64.2 cm³/mol. The van der Waals surface area contributed by atoms with E-state index in [4.69, 9.17) is 9.84 Å². The van der Waals surface area contributed by atoms with E-state index < -0.39 is 16.3 Å². The van der Waals surface area contributed by atoms with Crippen molar-refractivity contribution in [3.05, 3.63) is 0 Å². The molecule has 1 aliphatic heterocycles. The summed E-state index contributed by atoms with van der Waals surface area (Å²) in [6.45, 7) is 0.800. The summed E-state index contributed by atoms with van der Waals surface area (Å²) in [6, 6.07) is 0. The van der Waals surface area contributed by atoms with Crippen LogP contribution in [0.25, 0.3) is 0 Å². The lowest BCUT2D eigenvalue weighted by Gasteiger charge is -2.34. The third-order valence-electron chi connectivity index (χ3n) is 2.60. The van der Waals surface area contributed by atoms with E-state index in [1.54, 1.807) is 0 Å². The Morgan fingerprint density at radius 3 is 2.28 bits per heavy atom. The average molecular weight is 281 g/mol. The summed E-state index contributed by atoms with van der Waals surface area (Å²) in [5.41, 5.74) is 0. The summed E-state index contributed by atoms with van der Waals surface area (Å²) in [6.07, 6.45) is -0.522. The number of carbonyl (C=O) groups excluding carboxylic acids is 1. The zero-order chi connectivity index (χ0) is 13.8. The highest BCUT2D eigenvalue weighted by molar-refractivity contribution is 7.86. The van der Waals surface area contributed by atoms with Crippen LogP contribution in [-0.2, 0) is 14.9 Å². The molecule has 0 spiro atoms. The van der Waals surface area contributed by atoms with Crippen LogP contribution in [0.2, 0.25) is 0 Å². The van der Waals surface area contributed by atoms with Gasteiger partial charge in [-0.05, 0) is 0 Å². The van der Waals surface area contributed by atoms with Crippen LogP contribution >= 0.6 is 0 Å². The largest absolute Gasteiger partial charge is 0.447 e. The van der Waals surface area contributed by atoms with Crippen molar-refractivity contribution in [3.8, 4) is 0 Å². The van der Waals surface area contributed by atoms with Gasteiger partial charge in [0.1, 0.15) is 6.61 Å². The smallest absolute Gasteiger partial charge is 0.409 e. The van der Waals surface area contributed by atoms with E-state index in [1.807, 2.05) is 0 Å². The first-order valence-electron chi connectivity index (χ1n) is 5.59. The first kappa shape index (κ1) is 15.2. The van der Waals surface area contributed by atoms with Crippen LogP contribution in [-0.4, -0.2) is 86.6 Å². The van der Waals surface area contributed by atoms with Gasteiger partial charge in [0.25, 0.3) is 10.2 Å². The van der Waals surface area contributed by atoms with Crippen molar-refractivity contribution in [2.45, 2.75) is 0 Å². The molecular formula is C9H19N3O5S. The fourth-order valence-electron chi connectivity index (χ4n) is 1.56. The minimum Gasteiger partial charge on any atom is -0.447 e. The number of hydrogen-bond acceptors (Lipinski definition) is 5. The van der Waals surface area contributed by atoms with Crippen molar-refractivity contribution >= 4 is 16.3 Å². The number of rotatable bonds is 4. The molecule has 9 heteroatoms. The number of aliphatic hydroxyl groups is 1. The molecule has 1 saturated heterocycles.